The molecule has 4 heteroatoms. The average molecular weight is 215 g/mol. The van der Waals surface area contributed by atoms with Crippen molar-refractivity contribution in [1.29, 1.82) is 0 Å². The van der Waals surface area contributed by atoms with Gasteiger partial charge < -0.3 is 10.1 Å². The number of hydrogen-bond donors (Lipinski definition) is 1. The molecule has 0 spiro atoms. The van der Waals surface area contributed by atoms with Crippen LogP contribution < -0.4 is 5.32 Å². The molecule has 0 radical (unpaired) electrons. The van der Waals surface area contributed by atoms with E-state index in [1.165, 1.54) is 12.1 Å². The minimum Gasteiger partial charge on any atom is -0.375 e. The van der Waals surface area contributed by atoms with Crippen LogP contribution in [0.25, 0.3) is 0 Å². The Kier molecular flexibility index (Phi) is 5.21. The summed E-state index contributed by atoms with van der Waals surface area (Å²) in [5, 5.41) is 3.07. The van der Waals surface area contributed by atoms with Gasteiger partial charge in [0.05, 0.1) is 13.2 Å². The SMILES string of the molecule is CCNCCOCc1cccc(F)c1F. The van der Waals surface area contributed by atoms with Crippen molar-refractivity contribution in [3.63, 3.8) is 0 Å². The van der Waals surface area contributed by atoms with Gasteiger partial charge in [-0.15, -0.1) is 0 Å². The second-order valence-electron chi connectivity index (χ2n) is 3.12. The van der Waals surface area contributed by atoms with Crippen LogP contribution in [-0.4, -0.2) is 19.7 Å². The third kappa shape index (κ3) is 3.93. The molecule has 1 aromatic rings. The summed E-state index contributed by atoms with van der Waals surface area (Å²) < 4.78 is 31.1. The second kappa shape index (κ2) is 6.48. The standard InChI is InChI=1S/C11H15F2NO/c1-2-14-6-7-15-8-9-4-3-5-10(12)11(9)13/h3-5,14H,2,6-8H2,1H3. The lowest BCUT2D eigenvalue weighted by atomic mass is 10.2. The van der Waals surface area contributed by atoms with E-state index in [1.807, 2.05) is 6.92 Å². The summed E-state index contributed by atoms with van der Waals surface area (Å²) in [5.41, 5.74) is 0.256. The Morgan fingerprint density at radius 1 is 1.33 bits per heavy atom. The summed E-state index contributed by atoms with van der Waals surface area (Å²) in [4.78, 5) is 0. The first kappa shape index (κ1) is 12.1. The molecule has 15 heavy (non-hydrogen) atoms. The fourth-order valence-electron chi connectivity index (χ4n) is 1.16. The summed E-state index contributed by atoms with van der Waals surface area (Å²) in [7, 11) is 0. The summed E-state index contributed by atoms with van der Waals surface area (Å²) in [6.45, 7) is 4.18. The highest BCUT2D eigenvalue weighted by atomic mass is 19.2. The molecule has 0 amide bonds. The molecule has 1 rings (SSSR count). The van der Waals surface area contributed by atoms with Gasteiger partial charge in [-0.05, 0) is 12.6 Å². The quantitative estimate of drug-likeness (QED) is 0.734. The number of likely N-dealkylation sites (N-methyl/N-ethyl adjacent to an activating group) is 1. The van der Waals surface area contributed by atoms with Crippen molar-refractivity contribution >= 4 is 0 Å². The van der Waals surface area contributed by atoms with E-state index in [0.717, 1.165) is 12.6 Å². The van der Waals surface area contributed by atoms with Crippen molar-refractivity contribution in [1.82, 2.24) is 5.32 Å². The summed E-state index contributed by atoms with van der Waals surface area (Å²) in [5.74, 6) is -1.65. The van der Waals surface area contributed by atoms with E-state index in [9.17, 15) is 8.78 Å². The van der Waals surface area contributed by atoms with E-state index in [4.69, 9.17) is 4.74 Å². The van der Waals surface area contributed by atoms with Crippen LogP contribution in [0.15, 0.2) is 18.2 Å². The summed E-state index contributed by atoms with van der Waals surface area (Å²) in [6.07, 6.45) is 0. The zero-order chi connectivity index (χ0) is 11.1. The Hall–Kier alpha value is -1.00. The lowest BCUT2D eigenvalue weighted by Gasteiger charge is -2.06. The van der Waals surface area contributed by atoms with Crippen molar-refractivity contribution < 1.29 is 13.5 Å². The Morgan fingerprint density at radius 3 is 2.87 bits per heavy atom. The zero-order valence-corrected chi connectivity index (χ0v) is 8.72. The molecule has 0 fully saturated rings. The molecule has 0 heterocycles. The molecule has 0 aliphatic heterocycles. The predicted octanol–water partition coefficient (Wildman–Crippen LogP) is 2.09. The fourth-order valence-corrected chi connectivity index (χ4v) is 1.16. The molecule has 0 bridgehead atoms. The smallest absolute Gasteiger partial charge is 0.164 e. The van der Waals surface area contributed by atoms with Gasteiger partial charge in [-0.25, -0.2) is 8.78 Å². The highest BCUT2D eigenvalue weighted by Crippen LogP contribution is 2.11. The van der Waals surface area contributed by atoms with Crippen LogP contribution >= 0.6 is 0 Å². The van der Waals surface area contributed by atoms with Crippen molar-refractivity contribution in [2.75, 3.05) is 19.7 Å². The molecule has 84 valence electrons. The Morgan fingerprint density at radius 2 is 2.13 bits per heavy atom. The molecule has 0 atom stereocenters. The fraction of sp³-hybridized carbons (Fsp3) is 0.455. The highest BCUT2D eigenvalue weighted by molar-refractivity contribution is 5.17. The third-order valence-corrected chi connectivity index (χ3v) is 1.96. The van der Waals surface area contributed by atoms with E-state index in [1.54, 1.807) is 0 Å². The van der Waals surface area contributed by atoms with Gasteiger partial charge in [0.25, 0.3) is 0 Å². The highest BCUT2D eigenvalue weighted by Gasteiger charge is 2.06. The lowest BCUT2D eigenvalue weighted by Crippen LogP contribution is -2.18. The summed E-state index contributed by atoms with van der Waals surface area (Å²) in [6, 6.07) is 4.09. The number of rotatable bonds is 6. The number of benzene rings is 1. The first-order valence-electron chi connectivity index (χ1n) is 4.97. The van der Waals surface area contributed by atoms with Crippen LogP contribution in [0.5, 0.6) is 0 Å². The number of halogens is 2. The van der Waals surface area contributed by atoms with Gasteiger partial charge in [-0.2, -0.15) is 0 Å². The van der Waals surface area contributed by atoms with Gasteiger partial charge in [0, 0.05) is 12.1 Å². The molecule has 0 unspecified atom stereocenters. The molecular weight excluding hydrogens is 200 g/mol. The number of nitrogens with one attached hydrogen (secondary N) is 1. The Labute approximate surface area is 88.3 Å². The second-order valence-corrected chi connectivity index (χ2v) is 3.12. The van der Waals surface area contributed by atoms with Crippen LogP contribution in [0, 0.1) is 11.6 Å². The molecule has 0 aromatic heterocycles. The van der Waals surface area contributed by atoms with Gasteiger partial charge in [0.15, 0.2) is 11.6 Å². The van der Waals surface area contributed by atoms with Gasteiger partial charge in [-0.3, -0.25) is 0 Å². The van der Waals surface area contributed by atoms with Crippen molar-refractivity contribution in [3.8, 4) is 0 Å². The van der Waals surface area contributed by atoms with Gasteiger partial charge >= 0.3 is 0 Å². The first-order chi connectivity index (χ1) is 7.25. The summed E-state index contributed by atoms with van der Waals surface area (Å²) >= 11 is 0. The van der Waals surface area contributed by atoms with E-state index in [0.29, 0.717) is 13.2 Å². The zero-order valence-electron chi connectivity index (χ0n) is 8.72. The topological polar surface area (TPSA) is 21.3 Å². The van der Waals surface area contributed by atoms with Crippen LogP contribution in [0.2, 0.25) is 0 Å². The molecule has 0 aliphatic rings. The largest absolute Gasteiger partial charge is 0.375 e. The third-order valence-electron chi connectivity index (χ3n) is 1.96. The van der Waals surface area contributed by atoms with Crippen LogP contribution in [0.3, 0.4) is 0 Å². The van der Waals surface area contributed by atoms with Crippen LogP contribution in [0.4, 0.5) is 8.78 Å². The average Bonchev–Trinajstić information content (AvgIpc) is 2.24. The Bertz CT molecular complexity index is 305. The maximum atomic E-state index is 13.1. The minimum atomic E-state index is -0.831. The first-order valence-corrected chi connectivity index (χ1v) is 4.97. The van der Waals surface area contributed by atoms with E-state index in [-0.39, 0.29) is 12.2 Å². The van der Waals surface area contributed by atoms with E-state index >= 15 is 0 Å². The van der Waals surface area contributed by atoms with Gasteiger partial charge in [-0.1, -0.05) is 19.1 Å². The van der Waals surface area contributed by atoms with E-state index < -0.39 is 11.6 Å². The molecule has 2 nitrogen and oxygen atoms in total. The normalized spacial score (nSPS) is 10.6. The number of ether oxygens (including phenoxy) is 1. The van der Waals surface area contributed by atoms with Gasteiger partial charge in [0.1, 0.15) is 0 Å². The van der Waals surface area contributed by atoms with Crippen molar-refractivity contribution in [3.05, 3.63) is 35.4 Å². The molecule has 0 aliphatic carbocycles. The lowest BCUT2D eigenvalue weighted by molar-refractivity contribution is 0.120. The maximum Gasteiger partial charge on any atom is 0.164 e. The molecule has 0 saturated carbocycles. The number of hydrogen-bond acceptors (Lipinski definition) is 2. The van der Waals surface area contributed by atoms with E-state index in [2.05, 4.69) is 5.32 Å². The molecule has 1 aromatic carbocycles. The van der Waals surface area contributed by atoms with Crippen LogP contribution in [0.1, 0.15) is 12.5 Å². The Balaban J connectivity index is 2.34. The predicted molar refractivity (Wildman–Crippen MR) is 54.6 cm³/mol. The van der Waals surface area contributed by atoms with Crippen molar-refractivity contribution in [2.24, 2.45) is 0 Å². The molecule has 1 N–H and O–H groups in total. The maximum absolute atomic E-state index is 13.1. The minimum absolute atomic E-state index is 0.106. The van der Waals surface area contributed by atoms with Gasteiger partial charge in [0.2, 0.25) is 0 Å². The van der Waals surface area contributed by atoms with Crippen molar-refractivity contribution in [2.45, 2.75) is 13.5 Å². The monoisotopic (exact) mass is 215 g/mol. The molecular formula is C11H15F2NO. The van der Waals surface area contributed by atoms with Crippen LogP contribution in [-0.2, 0) is 11.3 Å². The molecule has 0 saturated heterocycles.